The fourth-order valence-corrected chi connectivity index (χ4v) is 4.06. The number of nitrogens with one attached hydrogen (secondary N) is 2. The van der Waals surface area contributed by atoms with Crippen LogP contribution in [0.15, 0.2) is 77.9 Å². The van der Waals surface area contributed by atoms with Crippen molar-refractivity contribution in [2.24, 2.45) is 4.99 Å². The molecule has 0 aliphatic carbocycles. The molecule has 0 amide bonds. The molecule has 0 spiro atoms. The molecule has 1 aromatic heterocycles. The van der Waals surface area contributed by atoms with E-state index in [1.54, 1.807) is 0 Å². The third-order valence-electron chi connectivity index (χ3n) is 6.00. The monoisotopic (exact) mass is 443 g/mol. The van der Waals surface area contributed by atoms with Crippen LogP contribution in [0.25, 0.3) is 0 Å². The normalized spacial score (nSPS) is 15.3. The van der Waals surface area contributed by atoms with Crippen molar-refractivity contribution < 1.29 is 4.74 Å². The van der Waals surface area contributed by atoms with Crippen LogP contribution >= 0.6 is 0 Å². The van der Waals surface area contributed by atoms with E-state index in [9.17, 15) is 0 Å². The van der Waals surface area contributed by atoms with Gasteiger partial charge in [0.15, 0.2) is 5.96 Å². The lowest BCUT2D eigenvalue weighted by molar-refractivity contribution is 0.196. The minimum atomic E-state index is 0.412. The molecule has 1 fully saturated rings. The highest BCUT2D eigenvalue weighted by molar-refractivity contribution is 5.80. The first kappa shape index (κ1) is 22.8. The highest BCUT2D eigenvalue weighted by Crippen LogP contribution is 2.27. The van der Waals surface area contributed by atoms with Crippen molar-refractivity contribution in [3.05, 3.63) is 89.7 Å². The van der Waals surface area contributed by atoms with E-state index in [-0.39, 0.29) is 0 Å². The van der Waals surface area contributed by atoms with E-state index in [0.29, 0.717) is 12.6 Å². The number of likely N-dealkylation sites (tertiary alicyclic amines) is 1. The van der Waals surface area contributed by atoms with Gasteiger partial charge in [0.2, 0.25) is 0 Å². The molecule has 0 saturated carbocycles. The third-order valence-corrected chi connectivity index (χ3v) is 6.00. The number of aromatic nitrogens is 1. The Morgan fingerprint density at radius 3 is 2.45 bits per heavy atom. The molecule has 0 radical (unpaired) electrons. The molecular formula is C27H33N5O. The zero-order valence-electron chi connectivity index (χ0n) is 19.5. The van der Waals surface area contributed by atoms with E-state index >= 15 is 0 Å². The molecule has 6 heteroatoms. The highest BCUT2D eigenvalue weighted by Gasteiger charge is 2.20. The van der Waals surface area contributed by atoms with Gasteiger partial charge in [-0.25, -0.2) is 0 Å². The van der Waals surface area contributed by atoms with Gasteiger partial charge in [0.05, 0.1) is 5.69 Å². The molecular weight excluding hydrogens is 410 g/mol. The Hall–Kier alpha value is -3.38. The lowest BCUT2D eigenvalue weighted by Gasteiger charge is -2.32. The van der Waals surface area contributed by atoms with Gasteiger partial charge in [-0.2, -0.15) is 0 Å². The summed E-state index contributed by atoms with van der Waals surface area (Å²) >= 11 is 0. The van der Waals surface area contributed by atoms with E-state index in [1.165, 1.54) is 0 Å². The summed E-state index contributed by atoms with van der Waals surface area (Å²) in [6, 6.07) is 22.7. The summed E-state index contributed by atoms with van der Waals surface area (Å²) in [6.07, 6.45) is 4.03. The number of piperidine rings is 1. The predicted molar refractivity (Wildman–Crippen MR) is 134 cm³/mol. The molecule has 3 aromatic rings. The maximum atomic E-state index is 6.21. The van der Waals surface area contributed by atoms with Crippen molar-refractivity contribution in [3.8, 4) is 11.5 Å². The molecule has 6 nitrogen and oxygen atoms in total. The van der Waals surface area contributed by atoms with Gasteiger partial charge in [-0.05, 0) is 49.6 Å². The number of ether oxygens (including phenoxy) is 1. The molecule has 2 aromatic carbocycles. The van der Waals surface area contributed by atoms with Crippen molar-refractivity contribution in [3.63, 3.8) is 0 Å². The zero-order valence-corrected chi connectivity index (χ0v) is 19.5. The summed E-state index contributed by atoms with van der Waals surface area (Å²) in [4.78, 5) is 11.4. The summed E-state index contributed by atoms with van der Waals surface area (Å²) < 4.78 is 6.21. The number of rotatable bonds is 7. The molecule has 0 atom stereocenters. The first-order valence-electron chi connectivity index (χ1n) is 11.6. The number of pyridine rings is 1. The van der Waals surface area contributed by atoms with Gasteiger partial charge >= 0.3 is 0 Å². The molecule has 2 heterocycles. The summed E-state index contributed by atoms with van der Waals surface area (Å²) in [5.41, 5.74) is 3.34. The summed E-state index contributed by atoms with van der Waals surface area (Å²) in [6.45, 7) is 5.72. The quantitative estimate of drug-likeness (QED) is 0.416. The van der Waals surface area contributed by atoms with Crippen LogP contribution in [0, 0.1) is 6.92 Å². The molecule has 1 aliphatic heterocycles. The molecule has 33 heavy (non-hydrogen) atoms. The van der Waals surface area contributed by atoms with Crippen LogP contribution in [-0.2, 0) is 13.1 Å². The molecule has 172 valence electrons. The van der Waals surface area contributed by atoms with E-state index < -0.39 is 0 Å². The Balaban J connectivity index is 1.28. The second-order valence-corrected chi connectivity index (χ2v) is 8.42. The number of aliphatic imine (C=N–C) groups is 1. The molecule has 1 saturated heterocycles. The van der Waals surface area contributed by atoms with Gasteiger partial charge in [0, 0.05) is 51.0 Å². The van der Waals surface area contributed by atoms with Crippen molar-refractivity contribution in [2.75, 3.05) is 20.1 Å². The molecule has 4 rings (SSSR count). The Labute approximate surface area is 196 Å². The number of para-hydroxylation sites is 2. The Bertz CT molecular complexity index is 1050. The first-order valence-corrected chi connectivity index (χ1v) is 11.6. The van der Waals surface area contributed by atoms with Crippen LogP contribution in [0.5, 0.6) is 11.5 Å². The standard InChI is InChI=1S/C27H33N5O/c1-21-9-3-5-12-25(21)33-26-13-6-4-10-22(26)19-30-27(28-2)31-23-14-17-32(18-15-23)20-24-11-7-8-16-29-24/h3-13,16,23H,14-15,17-20H2,1-2H3,(H2,28,30,31). The van der Waals surface area contributed by atoms with Gasteiger partial charge in [-0.3, -0.25) is 14.9 Å². The van der Waals surface area contributed by atoms with Crippen LogP contribution in [0.1, 0.15) is 29.7 Å². The number of hydrogen-bond donors (Lipinski definition) is 2. The fraction of sp³-hybridized carbons (Fsp3) is 0.333. The zero-order chi connectivity index (χ0) is 22.9. The molecule has 0 unspecified atom stereocenters. The van der Waals surface area contributed by atoms with E-state index in [0.717, 1.165) is 66.8 Å². The second kappa shape index (κ2) is 11.5. The predicted octanol–water partition coefficient (Wildman–Crippen LogP) is 4.51. The maximum Gasteiger partial charge on any atom is 0.191 e. The lowest BCUT2D eigenvalue weighted by Crippen LogP contribution is -2.48. The first-order chi connectivity index (χ1) is 16.2. The van der Waals surface area contributed by atoms with Gasteiger partial charge < -0.3 is 15.4 Å². The van der Waals surface area contributed by atoms with Gasteiger partial charge in [0.1, 0.15) is 11.5 Å². The number of aryl methyl sites for hydroxylation is 1. The topological polar surface area (TPSA) is 61.8 Å². The van der Waals surface area contributed by atoms with Crippen LogP contribution in [0.3, 0.4) is 0 Å². The average molecular weight is 444 g/mol. The van der Waals surface area contributed by atoms with Crippen molar-refractivity contribution >= 4 is 5.96 Å². The van der Waals surface area contributed by atoms with E-state index in [1.807, 2.05) is 55.7 Å². The van der Waals surface area contributed by atoms with E-state index in [4.69, 9.17) is 4.74 Å². The fourth-order valence-electron chi connectivity index (χ4n) is 4.06. The second-order valence-electron chi connectivity index (χ2n) is 8.42. The average Bonchev–Trinajstić information content (AvgIpc) is 2.85. The summed E-state index contributed by atoms with van der Waals surface area (Å²) in [5, 5.41) is 7.05. The smallest absolute Gasteiger partial charge is 0.191 e. The van der Waals surface area contributed by atoms with Crippen molar-refractivity contribution in [2.45, 2.75) is 38.9 Å². The van der Waals surface area contributed by atoms with Gasteiger partial charge in [-0.15, -0.1) is 0 Å². The minimum Gasteiger partial charge on any atom is -0.457 e. The van der Waals surface area contributed by atoms with Crippen LogP contribution in [0.2, 0.25) is 0 Å². The van der Waals surface area contributed by atoms with Crippen molar-refractivity contribution in [1.82, 2.24) is 20.5 Å². The number of benzene rings is 2. The highest BCUT2D eigenvalue weighted by atomic mass is 16.5. The number of nitrogens with zero attached hydrogens (tertiary/aromatic N) is 3. The number of hydrogen-bond acceptors (Lipinski definition) is 4. The third kappa shape index (κ3) is 6.56. The summed E-state index contributed by atoms with van der Waals surface area (Å²) in [7, 11) is 1.82. The minimum absolute atomic E-state index is 0.412. The largest absolute Gasteiger partial charge is 0.457 e. The van der Waals surface area contributed by atoms with Crippen molar-refractivity contribution in [1.29, 1.82) is 0 Å². The Kier molecular flexibility index (Phi) is 7.93. The molecule has 1 aliphatic rings. The SMILES string of the molecule is CN=C(NCc1ccccc1Oc1ccccc1C)NC1CCN(Cc2ccccn2)CC1. The van der Waals surface area contributed by atoms with Crippen LogP contribution < -0.4 is 15.4 Å². The lowest BCUT2D eigenvalue weighted by atomic mass is 10.0. The maximum absolute atomic E-state index is 6.21. The van der Waals surface area contributed by atoms with Crippen LogP contribution in [0.4, 0.5) is 0 Å². The Morgan fingerprint density at radius 1 is 1.00 bits per heavy atom. The Morgan fingerprint density at radius 2 is 1.73 bits per heavy atom. The van der Waals surface area contributed by atoms with Gasteiger partial charge in [0.25, 0.3) is 0 Å². The van der Waals surface area contributed by atoms with Crippen LogP contribution in [-0.4, -0.2) is 42.0 Å². The molecule has 2 N–H and O–H groups in total. The molecule has 0 bridgehead atoms. The summed E-state index contributed by atoms with van der Waals surface area (Å²) in [5.74, 6) is 2.56. The van der Waals surface area contributed by atoms with E-state index in [2.05, 4.69) is 56.7 Å². The number of guanidine groups is 1. The van der Waals surface area contributed by atoms with Gasteiger partial charge in [-0.1, -0.05) is 42.5 Å².